The normalized spacial score (nSPS) is 17.6. The van der Waals surface area contributed by atoms with Crippen molar-refractivity contribution in [1.82, 2.24) is 47.0 Å². The third-order valence-corrected chi connectivity index (χ3v) is 14.9. The standard InChI is InChI=1S/C57H89N19O12S/c1-32(2)25-39(47(80)71-38(54(87)88)19-11-23-67-57(63)64)72-49(82)41(27-34-15-7-4-8-16-34)73-50(83)42(31-89)74-48(81)40(26-33-13-5-3-6-14-33)69-45(78)29-68-51(84)44-28-35(77)30-76(44)53(86)43-20-12-24-75(43)52(85)37(18-10-22-66-56(61)62)70-46(79)36(58)17-9-21-65-55(59)60/h3-8,13-16,32,35-44,77,89H,9-12,17-31,58H2,1-2H3,(H,68,84)(H,69,78)(H,70,79)(H,71,80)(H,72,82)(H,73,83)(H,74,81)(H,87,88)(H4,59,60,65)(H4,61,62,66)(H4,63,64,67)/t35-,36-,37+,38+,39+,40+,41-,42+,43+,44?/m1/s1. The van der Waals surface area contributed by atoms with Crippen molar-refractivity contribution in [3.63, 3.8) is 0 Å². The molecule has 0 radical (unpaired) electrons. The van der Waals surface area contributed by atoms with Gasteiger partial charge in [0.05, 0.1) is 18.7 Å². The molecule has 490 valence electrons. The number of thiol groups is 1. The van der Waals surface area contributed by atoms with Gasteiger partial charge in [0, 0.05) is 57.7 Å². The van der Waals surface area contributed by atoms with Gasteiger partial charge in [-0.25, -0.2) is 4.79 Å². The fourth-order valence-electron chi connectivity index (χ4n) is 10.1. The predicted molar refractivity (Wildman–Crippen MR) is 334 cm³/mol. The number of aliphatic carboxylic acids is 1. The first kappa shape index (κ1) is 72.7. The van der Waals surface area contributed by atoms with Gasteiger partial charge >= 0.3 is 5.97 Å². The molecule has 2 fully saturated rings. The Kier molecular flexibility index (Phi) is 30.3. The van der Waals surface area contributed by atoms with E-state index in [0.717, 1.165) is 4.90 Å². The molecule has 1 unspecified atom stereocenters. The third-order valence-electron chi connectivity index (χ3n) is 14.5. The van der Waals surface area contributed by atoms with Crippen LogP contribution in [0.15, 0.2) is 75.6 Å². The van der Waals surface area contributed by atoms with Crippen molar-refractivity contribution in [1.29, 1.82) is 0 Å². The van der Waals surface area contributed by atoms with Crippen molar-refractivity contribution in [2.45, 2.75) is 151 Å². The second kappa shape index (κ2) is 37.2. The summed E-state index contributed by atoms with van der Waals surface area (Å²) >= 11 is 4.35. The van der Waals surface area contributed by atoms with Gasteiger partial charge in [0.1, 0.15) is 48.3 Å². The molecule has 9 amide bonds. The number of hydrogen-bond acceptors (Lipinski definition) is 16. The van der Waals surface area contributed by atoms with E-state index in [1.54, 1.807) is 74.5 Å². The van der Waals surface area contributed by atoms with Crippen LogP contribution >= 0.6 is 12.6 Å². The Morgan fingerprint density at radius 2 is 1.06 bits per heavy atom. The Balaban J connectivity index is 1.47. The van der Waals surface area contributed by atoms with E-state index in [1.165, 1.54) is 4.90 Å². The summed E-state index contributed by atoms with van der Waals surface area (Å²) in [4.78, 5) is 152. The zero-order valence-corrected chi connectivity index (χ0v) is 51.2. The molecular weight excluding hydrogens is 1170 g/mol. The fourth-order valence-corrected chi connectivity index (χ4v) is 10.3. The highest BCUT2D eigenvalue weighted by Gasteiger charge is 2.46. The maximum absolute atomic E-state index is 14.4. The van der Waals surface area contributed by atoms with Crippen molar-refractivity contribution in [3.8, 4) is 0 Å². The lowest BCUT2D eigenvalue weighted by molar-refractivity contribution is -0.148. The lowest BCUT2D eigenvalue weighted by Crippen LogP contribution is -2.60. The summed E-state index contributed by atoms with van der Waals surface area (Å²) in [6.45, 7) is 3.20. The minimum atomic E-state index is -1.42. The van der Waals surface area contributed by atoms with Crippen LogP contribution in [0.3, 0.4) is 0 Å². The number of carboxylic acids is 1. The van der Waals surface area contributed by atoms with Crippen molar-refractivity contribution in [3.05, 3.63) is 71.8 Å². The largest absolute Gasteiger partial charge is 0.480 e. The van der Waals surface area contributed by atoms with Crippen LogP contribution in [0.5, 0.6) is 0 Å². The van der Waals surface area contributed by atoms with E-state index in [2.05, 4.69) is 64.8 Å². The molecule has 0 spiro atoms. The lowest BCUT2D eigenvalue weighted by Gasteiger charge is -2.33. The molecule has 31 nitrogen and oxygen atoms in total. The monoisotopic (exact) mass is 1260 g/mol. The number of aliphatic hydroxyl groups is 1. The molecule has 4 rings (SSSR count). The lowest BCUT2D eigenvalue weighted by atomic mass is 10.00. The molecule has 2 heterocycles. The molecule has 0 saturated carbocycles. The van der Waals surface area contributed by atoms with E-state index in [0.29, 0.717) is 24.0 Å². The van der Waals surface area contributed by atoms with E-state index in [-0.39, 0.29) is 126 Å². The molecule has 2 aromatic carbocycles. The number of likely N-dealkylation sites (tertiary alicyclic amines) is 2. The Morgan fingerprint density at radius 1 is 0.596 bits per heavy atom. The van der Waals surface area contributed by atoms with Crippen LogP contribution in [-0.4, -0.2) is 203 Å². The number of nitrogens with zero attached hydrogens (tertiary/aromatic N) is 5. The number of β-amino-alcohol motifs (C(OH)–C–C–N with tert-alkyl or cyclic N) is 1. The van der Waals surface area contributed by atoms with E-state index in [9.17, 15) is 58.2 Å². The predicted octanol–water partition coefficient (Wildman–Crippen LogP) is -5.00. The quantitative estimate of drug-likeness (QED) is 0.0131. The van der Waals surface area contributed by atoms with Crippen molar-refractivity contribution in [2.75, 3.05) is 45.0 Å². The van der Waals surface area contributed by atoms with Crippen molar-refractivity contribution >= 4 is 89.6 Å². The zero-order valence-electron chi connectivity index (χ0n) is 50.3. The molecule has 23 N–H and O–H groups in total. The van der Waals surface area contributed by atoms with Gasteiger partial charge in [0.25, 0.3) is 0 Å². The molecule has 32 heteroatoms. The summed E-state index contributed by atoms with van der Waals surface area (Å²) in [5, 5.41) is 39.0. The van der Waals surface area contributed by atoms with Gasteiger partial charge in [-0.2, -0.15) is 12.6 Å². The summed E-state index contributed by atoms with van der Waals surface area (Å²) in [5.41, 5.74) is 39.9. The molecule has 10 atom stereocenters. The molecule has 0 aliphatic carbocycles. The van der Waals surface area contributed by atoms with E-state index >= 15 is 0 Å². The maximum Gasteiger partial charge on any atom is 0.326 e. The number of rotatable bonds is 36. The number of hydrogen-bond donors (Lipinski definition) is 17. The summed E-state index contributed by atoms with van der Waals surface area (Å²) in [6.07, 6.45) is 0.191. The van der Waals surface area contributed by atoms with Crippen LogP contribution in [-0.2, 0) is 60.8 Å². The minimum Gasteiger partial charge on any atom is -0.480 e. The SMILES string of the molecule is CC(C)C[C@H](NC(=O)[C@@H](Cc1ccccc1)NC(=O)[C@H](CS)NC(=O)[C@H](Cc1ccccc1)NC(=O)CNC(=O)C1C[C@@H](O)CN1C(=O)[C@@H]1CCCN1C(=O)[C@H](CCCN=C(N)N)NC(=O)[C@H](N)CCCN=C(N)N)C(=O)N[C@@H](CCCN=C(N)N)C(=O)O. The van der Waals surface area contributed by atoms with Gasteiger partial charge in [-0.05, 0) is 74.8 Å². The summed E-state index contributed by atoms with van der Waals surface area (Å²) < 4.78 is 0. The highest BCUT2D eigenvalue weighted by molar-refractivity contribution is 7.80. The number of carbonyl (C=O) groups is 10. The van der Waals surface area contributed by atoms with Gasteiger partial charge in [-0.15, -0.1) is 0 Å². The third kappa shape index (κ3) is 25.1. The molecule has 2 aliphatic heterocycles. The Bertz CT molecular complexity index is 2800. The Hall–Kier alpha value is -8.78. The number of amides is 9. The number of nitrogens with two attached hydrogens (primary N) is 7. The molecule has 0 bridgehead atoms. The number of aliphatic imine (C=N–C) groups is 3. The molecule has 2 aromatic rings. The Morgan fingerprint density at radius 3 is 1.57 bits per heavy atom. The molecule has 2 aliphatic rings. The first-order chi connectivity index (χ1) is 42.3. The van der Waals surface area contributed by atoms with Crippen LogP contribution in [0.1, 0.15) is 89.2 Å². The molecule has 0 aromatic heterocycles. The minimum absolute atomic E-state index is 0.0274. The van der Waals surface area contributed by atoms with Crippen LogP contribution in [0.25, 0.3) is 0 Å². The zero-order chi connectivity index (χ0) is 65.7. The fraction of sp³-hybridized carbons (Fsp3) is 0.561. The number of carbonyl (C=O) groups excluding carboxylic acids is 9. The van der Waals surface area contributed by atoms with Gasteiger partial charge in [-0.3, -0.25) is 58.1 Å². The smallest absolute Gasteiger partial charge is 0.326 e. The highest BCUT2D eigenvalue weighted by atomic mass is 32.1. The average Bonchev–Trinajstić information content (AvgIpc) is 2.26. The number of nitrogens with one attached hydrogen (secondary N) is 7. The average molecular weight is 1260 g/mol. The number of benzene rings is 2. The molecule has 2 saturated heterocycles. The maximum atomic E-state index is 14.4. The topological polar surface area (TPSA) is 521 Å². The van der Waals surface area contributed by atoms with Gasteiger partial charge < -0.3 is 97.4 Å². The summed E-state index contributed by atoms with van der Waals surface area (Å²) in [6, 6.07) is 5.88. The van der Waals surface area contributed by atoms with Crippen LogP contribution in [0.2, 0.25) is 0 Å². The summed E-state index contributed by atoms with van der Waals surface area (Å²) in [5.74, 6) is -9.09. The van der Waals surface area contributed by atoms with Gasteiger partial charge in [-0.1, -0.05) is 74.5 Å². The first-order valence-corrected chi connectivity index (χ1v) is 30.1. The summed E-state index contributed by atoms with van der Waals surface area (Å²) in [7, 11) is 0. The van der Waals surface area contributed by atoms with Gasteiger partial charge in [0.2, 0.25) is 53.2 Å². The number of carboxylic acid groups (broad SMARTS) is 1. The van der Waals surface area contributed by atoms with Crippen molar-refractivity contribution in [2.24, 2.45) is 61.0 Å². The Labute approximate surface area is 522 Å². The van der Waals surface area contributed by atoms with Crippen LogP contribution < -0.4 is 77.4 Å². The number of aliphatic hydroxyl groups excluding tert-OH is 1. The molecule has 89 heavy (non-hydrogen) atoms. The van der Waals surface area contributed by atoms with Crippen LogP contribution in [0.4, 0.5) is 0 Å². The van der Waals surface area contributed by atoms with E-state index in [4.69, 9.17) is 40.1 Å². The first-order valence-electron chi connectivity index (χ1n) is 29.5. The second-order valence-electron chi connectivity index (χ2n) is 22.2. The van der Waals surface area contributed by atoms with E-state index in [1.807, 2.05) is 0 Å². The highest BCUT2D eigenvalue weighted by Crippen LogP contribution is 2.27. The van der Waals surface area contributed by atoms with Crippen molar-refractivity contribution < 1.29 is 58.2 Å². The van der Waals surface area contributed by atoms with E-state index < -0.39 is 126 Å². The second-order valence-corrected chi connectivity index (χ2v) is 22.6. The molecular formula is C57H89N19O12S. The van der Waals surface area contributed by atoms with Crippen LogP contribution in [0, 0.1) is 5.92 Å². The van der Waals surface area contributed by atoms with Gasteiger partial charge in [0.15, 0.2) is 17.9 Å². The number of guanidine groups is 3.